The molecule has 1 saturated heterocycles. The molecule has 2 atom stereocenters. The number of hydrogen-bond acceptors (Lipinski definition) is 5. The van der Waals surface area contributed by atoms with Crippen LogP contribution in [0.2, 0.25) is 0 Å². The Morgan fingerprint density at radius 1 is 1.50 bits per heavy atom. The average Bonchev–Trinajstić information content (AvgIpc) is 3.04. The van der Waals surface area contributed by atoms with Gasteiger partial charge in [0, 0.05) is 6.54 Å². The molecule has 20 heavy (non-hydrogen) atoms. The monoisotopic (exact) mass is 280 g/mol. The first-order chi connectivity index (χ1) is 9.37. The zero-order chi connectivity index (χ0) is 14.9. The van der Waals surface area contributed by atoms with Gasteiger partial charge in [0.1, 0.15) is 5.76 Å². The Labute approximate surface area is 117 Å². The Balaban J connectivity index is 2.09. The number of carbonyl (C=O) groups excluding carboxylic acids is 2. The van der Waals surface area contributed by atoms with Gasteiger partial charge in [0.15, 0.2) is 0 Å². The third-order valence-corrected chi connectivity index (χ3v) is 4.07. The largest absolute Gasteiger partial charge is 0.463 e. The zero-order valence-corrected chi connectivity index (χ0v) is 12.0. The van der Waals surface area contributed by atoms with Crippen molar-refractivity contribution in [3.63, 3.8) is 0 Å². The van der Waals surface area contributed by atoms with Gasteiger partial charge in [-0.25, -0.2) is 4.79 Å². The number of ether oxygens (including phenoxy) is 1. The van der Waals surface area contributed by atoms with Crippen LogP contribution in [-0.4, -0.2) is 37.0 Å². The molecule has 2 heterocycles. The van der Waals surface area contributed by atoms with Gasteiger partial charge in [-0.05, 0) is 38.9 Å². The maximum absolute atomic E-state index is 11.5. The summed E-state index contributed by atoms with van der Waals surface area (Å²) in [7, 11) is 1.31. The van der Waals surface area contributed by atoms with Gasteiger partial charge in [-0.2, -0.15) is 0 Å². The Bertz CT molecular complexity index is 525. The minimum atomic E-state index is -0.494. The van der Waals surface area contributed by atoms with E-state index in [1.807, 2.05) is 13.8 Å². The van der Waals surface area contributed by atoms with Crippen LogP contribution >= 0.6 is 0 Å². The lowest BCUT2D eigenvalue weighted by Gasteiger charge is -2.25. The summed E-state index contributed by atoms with van der Waals surface area (Å²) in [4.78, 5) is 25.0. The van der Waals surface area contributed by atoms with Crippen molar-refractivity contribution in [2.24, 2.45) is 11.1 Å². The van der Waals surface area contributed by atoms with Crippen molar-refractivity contribution in [1.29, 1.82) is 0 Å². The molecule has 1 amide bonds. The molecular weight excluding hydrogens is 260 g/mol. The number of furan rings is 1. The fraction of sp³-hybridized carbons (Fsp3) is 0.571. The number of esters is 1. The Morgan fingerprint density at radius 2 is 2.20 bits per heavy atom. The highest BCUT2D eigenvalue weighted by Crippen LogP contribution is 2.35. The first-order valence-corrected chi connectivity index (χ1v) is 6.59. The maximum Gasteiger partial charge on any atom is 0.373 e. The standard InChI is InChI=1S/C14H20N2O4/c1-9(10-4-5-11(20-10)12(17)19-3)16-7-6-14(2,8-16)13(15)18/h4-5,9H,6-8H2,1-3H3,(H2,15,18). The van der Waals surface area contributed by atoms with Gasteiger partial charge in [0.05, 0.1) is 18.6 Å². The smallest absolute Gasteiger partial charge is 0.373 e. The number of primary amides is 1. The predicted molar refractivity (Wildman–Crippen MR) is 72.0 cm³/mol. The van der Waals surface area contributed by atoms with Gasteiger partial charge in [-0.3, -0.25) is 9.69 Å². The molecule has 1 aliphatic heterocycles. The molecule has 0 aromatic carbocycles. The molecule has 1 aliphatic rings. The van der Waals surface area contributed by atoms with Crippen LogP contribution < -0.4 is 5.73 Å². The quantitative estimate of drug-likeness (QED) is 0.841. The SMILES string of the molecule is COC(=O)c1ccc(C(C)N2CCC(C)(C(N)=O)C2)o1. The topological polar surface area (TPSA) is 85.8 Å². The van der Waals surface area contributed by atoms with Gasteiger partial charge in [-0.15, -0.1) is 0 Å². The number of rotatable bonds is 4. The van der Waals surface area contributed by atoms with Crippen LogP contribution in [0.1, 0.15) is 42.6 Å². The summed E-state index contributed by atoms with van der Waals surface area (Å²) in [6.07, 6.45) is 0.733. The van der Waals surface area contributed by atoms with Crippen molar-refractivity contribution >= 4 is 11.9 Å². The molecule has 2 N–H and O–H groups in total. The number of amides is 1. The molecule has 2 rings (SSSR count). The molecule has 1 aromatic rings. The highest BCUT2D eigenvalue weighted by molar-refractivity contribution is 5.86. The molecular formula is C14H20N2O4. The molecule has 0 spiro atoms. The molecule has 110 valence electrons. The van der Waals surface area contributed by atoms with Crippen LogP contribution in [0.4, 0.5) is 0 Å². The number of hydrogen-bond donors (Lipinski definition) is 1. The van der Waals surface area contributed by atoms with Crippen molar-refractivity contribution in [2.45, 2.75) is 26.3 Å². The van der Waals surface area contributed by atoms with Crippen LogP contribution in [0.5, 0.6) is 0 Å². The second kappa shape index (κ2) is 5.28. The summed E-state index contributed by atoms with van der Waals surface area (Å²) in [6, 6.07) is 3.34. The normalized spacial score (nSPS) is 24.6. The second-order valence-electron chi connectivity index (χ2n) is 5.51. The lowest BCUT2D eigenvalue weighted by atomic mass is 9.89. The van der Waals surface area contributed by atoms with E-state index in [1.54, 1.807) is 12.1 Å². The van der Waals surface area contributed by atoms with E-state index < -0.39 is 11.4 Å². The Morgan fingerprint density at radius 3 is 2.75 bits per heavy atom. The molecule has 1 aromatic heterocycles. The average molecular weight is 280 g/mol. The van der Waals surface area contributed by atoms with Gasteiger partial charge in [-0.1, -0.05) is 0 Å². The van der Waals surface area contributed by atoms with E-state index in [0.717, 1.165) is 13.0 Å². The molecule has 0 aliphatic carbocycles. The zero-order valence-electron chi connectivity index (χ0n) is 12.0. The first-order valence-electron chi connectivity index (χ1n) is 6.59. The van der Waals surface area contributed by atoms with Crippen LogP contribution in [0.3, 0.4) is 0 Å². The van der Waals surface area contributed by atoms with E-state index in [-0.39, 0.29) is 17.7 Å². The van der Waals surface area contributed by atoms with Gasteiger partial charge in [0.25, 0.3) is 0 Å². The number of nitrogens with zero attached hydrogens (tertiary/aromatic N) is 1. The van der Waals surface area contributed by atoms with E-state index in [1.165, 1.54) is 7.11 Å². The molecule has 6 heteroatoms. The summed E-state index contributed by atoms with van der Waals surface area (Å²) in [5.74, 6) is 0.0964. The summed E-state index contributed by atoms with van der Waals surface area (Å²) in [5, 5.41) is 0. The minimum absolute atomic E-state index is 0.0189. The summed E-state index contributed by atoms with van der Waals surface area (Å²) >= 11 is 0. The van der Waals surface area contributed by atoms with E-state index in [2.05, 4.69) is 9.64 Å². The number of methoxy groups -OCH3 is 1. The van der Waals surface area contributed by atoms with Crippen LogP contribution in [-0.2, 0) is 9.53 Å². The molecule has 1 fully saturated rings. The lowest BCUT2D eigenvalue weighted by molar-refractivity contribution is -0.126. The van der Waals surface area contributed by atoms with Crippen LogP contribution in [0, 0.1) is 5.41 Å². The van der Waals surface area contributed by atoms with Gasteiger partial charge < -0.3 is 14.9 Å². The van der Waals surface area contributed by atoms with E-state index in [4.69, 9.17) is 10.2 Å². The fourth-order valence-electron chi connectivity index (χ4n) is 2.50. The first kappa shape index (κ1) is 14.6. The molecule has 0 radical (unpaired) electrons. The number of likely N-dealkylation sites (tertiary alicyclic amines) is 1. The molecule has 6 nitrogen and oxygen atoms in total. The highest BCUT2D eigenvalue weighted by Gasteiger charge is 2.41. The van der Waals surface area contributed by atoms with Crippen molar-refractivity contribution < 1.29 is 18.7 Å². The second-order valence-corrected chi connectivity index (χ2v) is 5.51. The summed E-state index contributed by atoms with van der Waals surface area (Å²) in [5.41, 5.74) is 4.95. The third kappa shape index (κ3) is 2.56. The van der Waals surface area contributed by atoms with Gasteiger partial charge >= 0.3 is 5.97 Å². The van der Waals surface area contributed by atoms with Crippen LogP contribution in [0.25, 0.3) is 0 Å². The van der Waals surface area contributed by atoms with Crippen molar-refractivity contribution in [1.82, 2.24) is 4.90 Å². The minimum Gasteiger partial charge on any atom is -0.463 e. The van der Waals surface area contributed by atoms with Gasteiger partial charge in [0.2, 0.25) is 11.7 Å². The molecule has 0 bridgehead atoms. The Hall–Kier alpha value is -1.82. The number of nitrogens with two attached hydrogens (primary N) is 1. The maximum atomic E-state index is 11.5. The third-order valence-electron chi connectivity index (χ3n) is 4.07. The van der Waals surface area contributed by atoms with Crippen LogP contribution in [0.15, 0.2) is 16.5 Å². The van der Waals surface area contributed by atoms with E-state index in [9.17, 15) is 9.59 Å². The van der Waals surface area contributed by atoms with E-state index >= 15 is 0 Å². The van der Waals surface area contributed by atoms with Crippen molar-refractivity contribution in [3.8, 4) is 0 Å². The van der Waals surface area contributed by atoms with E-state index in [0.29, 0.717) is 12.3 Å². The fourth-order valence-corrected chi connectivity index (χ4v) is 2.50. The Kier molecular flexibility index (Phi) is 3.85. The van der Waals surface area contributed by atoms with Crippen molar-refractivity contribution in [2.75, 3.05) is 20.2 Å². The lowest BCUT2D eigenvalue weighted by Crippen LogP contribution is -2.37. The van der Waals surface area contributed by atoms with Crippen molar-refractivity contribution in [3.05, 3.63) is 23.7 Å². The summed E-state index contributed by atoms with van der Waals surface area (Å²) in [6.45, 7) is 5.23. The molecule has 2 unspecified atom stereocenters. The number of carbonyl (C=O) groups is 2. The predicted octanol–water partition coefficient (Wildman–Crippen LogP) is 1.32. The molecule has 0 saturated carbocycles. The summed E-state index contributed by atoms with van der Waals surface area (Å²) < 4.78 is 10.1. The highest BCUT2D eigenvalue weighted by atomic mass is 16.5.